The Morgan fingerprint density at radius 3 is 3.04 bits per heavy atom. The predicted octanol–water partition coefficient (Wildman–Crippen LogP) is 1.12. The molecule has 2 aliphatic heterocycles. The maximum absolute atomic E-state index is 13.2. The third-order valence-corrected chi connectivity index (χ3v) is 4.59. The van der Waals surface area contributed by atoms with Crippen molar-refractivity contribution in [3.63, 3.8) is 0 Å². The van der Waals surface area contributed by atoms with Crippen LogP contribution in [0.25, 0.3) is 0 Å². The number of nitrogens with zero attached hydrogens (tertiary/aromatic N) is 3. The number of halogens is 2. The molecule has 132 valence electrons. The van der Waals surface area contributed by atoms with E-state index in [1.54, 1.807) is 6.33 Å². The zero-order chi connectivity index (χ0) is 17.2. The summed E-state index contributed by atoms with van der Waals surface area (Å²) in [7, 11) is 0. The van der Waals surface area contributed by atoms with E-state index in [9.17, 15) is 13.6 Å². The molecule has 1 aromatic heterocycles. The number of aryl methyl sites for hydroxylation is 1. The van der Waals surface area contributed by atoms with E-state index in [0.29, 0.717) is 6.54 Å². The summed E-state index contributed by atoms with van der Waals surface area (Å²) in [6, 6.07) is 1.10. The summed E-state index contributed by atoms with van der Waals surface area (Å²) < 4.78 is 26.4. The van der Waals surface area contributed by atoms with Gasteiger partial charge >= 0.3 is 0 Å². The molecule has 2 saturated heterocycles. The number of amides is 1. The molecule has 1 aromatic rings. The number of nitrogens with one attached hydrogen (secondary N) is 2. The molecule has 0 saturated carbocycles. The van der Waals surface area contributed by atoms with Crippen LogP contribution in [0, 0.1) is 0 Å². The minimum atomic E-state index is -2.79. The zero-order valence-electron chi connectivity index (χ0n) is 13.8. The third-order valence-electron chi connectivity index (χ3n) is 4.59. The number of piperidine rings is 1. The molecule has 2 unspecified atom stereocenters. The number of aromatic nitrogens is 2. The van der Waals surface area contributed by atoms with Crippen LogP contribution in [0.5, 0.6) is 0 Å². The number of hydrogen-bond acceptors (Lipinski definition) is 5. The number of hydrogen-bond donors (Lipinski definition) is 2. The molecule has 3 heterocycles. The molecule has 3 rings (SSSR count). The second kappa shape index (κ2) is 6.96. The van der Waals surface area contributed by atoms with E-state index in [1.807, 2.05) is 13.0 Å². The largest absolute Gasteiger partial charge is 0.354 e. The lowest BCUT2D eigenvalue weighted by molar-refractivity contribution is -0.124. The molecule has 2 N–H and O–H groups in total. The fourth-order valence-corrected chi connectivity index (χ4v) is 3.26. The summed E-state index contributed by atoms with van der Waals surface area (Å²) in [5.41, 5.74) is 0.976. The van der Waals surface area contributed by atoms with E-state index in [4.69, 9.17) is 0 Å². The Bertz CT molecular complexity index is 598. The molecule has 8 heteroatoms. The van der Waals surface area contributed by atoms with E-state index in [0.717, 1.165) is 37.3 Å². The standard InChI is InChI=1S/C16H23F2N5O/c1-2-11-6-14(21-10-20-11)23-5-3-4-12(8-23)22-15(24)13-7-16(17,18)9-19-13/h6,10,12-13,19H,2-5,7-9H2,1H3,(H,22,24). The van der Waals surface area contributed by atoms with Crippen LogP contribution >= 0.6 is 0 Å². The van der Waals surface area contributed by atoms with Crippen molar-refractivity contribution in [2.45, 2.75) is 50.6 Å². The van der Waals surface area contributed by atoms with Gasteiger partial charge in [0.2, 0.25) is 5.91 Å². The van der Waals surface area contributed by atoms with Gasteiger partial charge in [0.1, 0.15) is 12.1 Å². The predicted molar refractivity (Wildman–Crippen MR) is 86.1 cm³/mol. The first-order valence-electron chi connectivity index (χ1n) is 8.44. The van der Waals surface area contributed by atoms with Gasteiger partial charge in [0, 0.05) is 37.3 Å². The third kappa shape index (κ3) is 3.98. The SMILES string of the molecule is CCc1cc(N2CCCC(NC(=O)C3CC(F)(F)CN3)C2)ncn1. The lowest BCUT2D eigenvalue weighted by Gasteiger charge is -2.34. The van der Waals surface area contributed by atoms with Crippen LogP contribution in [0.15, 0.2) is 12.4 Å². The Kier molecular flexibility index (Phi) is 4.93. The van der Waals surface area contributed by atoms with Crippen molar-refractivity contribution in [1.82, 2.24) is 20.6 Å². The van der Waals surface area contributed by atoms with Crippen LogP contribution < -0.4 is 15.5 Å². The number of rotatable bonds is 4. The monoisotopic (exact) mass is 339 g/mol. The van der Waals surface area contributed by atoms with Crippen LogP contribution in [-0.2, 0) is 11.2 Å². The van der Waals surface area contributed by atoms with Crippen LogP contribution in [0.1, 0.15) is 31.9 Å². The summed E-state index contributed by atoms with van der Waals surface area (Å²) in [4.78, 5) is 22.8. The van der Waals surface area contributed by atoms with Gasteiger partial charge in [-0.1, -0.05) is 6.92 Å². The van der Waals surface area contributed by atoms with Gasteiger partial charge in [0.25, 0.3) is 5.92 Å². The van der Waals surface area contributed by atoms with Crippen molar-refractivity contribution < 1.29 is 13.6 Å². The number of carbonyl (C=O) groups is 1. The minimum Gasteiger partial charge on any atom is -0.354 e. The van der Waals surface area contributed by atoms with Gasteiger partial charge in [-0.2, -0.15) is 0 Å². The molecule has 6 nitrogen and oxygen atoms in total. The van der Waals surface area contributed by atoms with Crippen molar-refractivity contribution in [3.8, 4) is 0 Å². The van der Waals surface area contributed by atoms with E-state index >= 15 is 0 Å². The average molecular weight is 339 g/mol. The summed E-state index contributed by atoms with van der Waals surface area (Å²) in [6.45, 7) is 3.11. The van der Waals surface area contributed by atoms with Gasteiger partial charge in [0.05, 0.1) is 12.6 Å². The van der Waals surface area contributed by atoms with Crippen molar-refractivity contribution in [1.29, 1.82) is 0 Å². The van der Waals surface area contributed by atoms with Crippen LogP contribution in [0.4, 0.5) is 14.6 Å². The highest BCUT2D eigenvalue weighted by Gasteiger charge is 2.42. The Hall–Kier alpha value is -1.83. The van der Waals surface area contributed by atoms with Gasteiger partial charge < -0.3 is 10.2 Å². The molecule has 0 radical (unpaired) electrons. The normalized spacial score (nSPS) is 26.4. The van der Waals surface area contributed by atoms with Crippen LogP contribution in [0.2, 0.25) is 0 Å². The zero-order valence-corrected chi connectivity index (χ0v) is 13.8. The Balaban J connectivity index is 1.58. The van der Waals surface area contributed by atoms with Gasteiger partial charge in [-0.15, -0.1) is 0 Å². The van der Waals surface area contributed by atoms with E-state index in [1.165, 1.54) is 0 Å². The second-order valence-corrected chi connectivity index (χ2v) is 6.51. The van der Waals surface area contributed by atoms with Crippen molar-refractivity contribution in [2.24, 2.45) is 0 Å². The minimum absolute atomic E-state index is 0.0534. The quantitative estimate of drug-likeness (QED) is 0.860. The molecule has 24 heavy (non-hydrogen) atoms. The number of alkyl halides is 2. The molecule has 1 amide bonds. The maximum Gasteiger partial charge on any atom is 0.262 e. The van der Waals surface area contributed by atoms with Gasteiger partial charge in [-0.25, -0.2) is 18.7 Å². The number of carbonyl (C=O) groups excluding carboxylic acids is 1. The molecule has 2 aliphatic rings. The van der Waals surface area contributed by atoms with E-state index in [-0.39, 0.29) is 11.9 Å². The smallest absolute Gasteiger partial charge is 0.262 e. The number of anilines is 1. The van der Waals surface area contributed by atoms with Crippen molar-refractivity contribution in [3.05, 3.63) is 18.1 Å². The van der Waals surface area contributed by atoms with Crippen LogP contribution in [-0.4, -0.2) is 53.5 Å². The Morgan fingerprint density at radius 1 is 1.50 bits per heavy atom. The highest BCUT2D eigenvalue weighted by atomic mass is 19.3. The summed E-state index contributed by atoms with van der Waals surface area (Å²) in [6.07, 6.45) is 3.73. The maximum atomic E-state index is 13.2. The molecule has 2 fully saturated rings. The topological polar surface area (TPSA) is 70.2 Å². The molecular weight excluding hydrogens is 316 g/mol. The highest BCUT2D eigenvalue weighted by Crippen LogP contribution is 2.25. The van der Waals surface area contributed by atoms with Crippen molar-refractivity contribution in [2.75, 3.05) is 24.5 Å². The molecule has 0 bridgehead atoms. The lowest BCUT2D eigenvalue weighted by Crippen LogP contribution is -2.52. The van der Waals surface area contributed by atoms with Crippen LogP contribution in [0.3, 0.4) is 0 Å². The first-order valence-corrected chi connectivity index (χ1v) is 8.44. The summed E-state index contributed by atoms with van der Waals surface area (Å²) >= 11 is 0. The fraction of sp³-hybridized carbons (Fsp3) is 0.688. The summed E-state index contributed by atoms with van der Waals surface area (Å²) in [5, 5.41) is 5.51. The molecule has 0 spiro atoms. The lowest BCUT2D eigenvalue weighted by atomic mass is 10.0. The fourth-order valence-electron chi connectivity index (χ4n) is 3.26. The molecule has 0 aliphatic carbocycles. The molecular formula is C16H23F2N5O. The van der Waals surface area contributed by atoms with Gasteiger partial charge in [0.15, 0.2) is 0 Å². The van der Waals surface area contributed by atoms with Gasteiger partial charge in [-0.05, 0) is 19.3 Å². The highest BCUT2D eigenvalue weighted by molar-refractivity contribution is 5.82. The first kappa shape index (κ1) is 17.0. The molecule has 2 atom stereocenters. The Morgan fingerprint density at radius 2 is 2.33 bits per heavy atom. The van der Waals surface area contributed by atoms with E-state index in [2.05, 4.69) is 25.5 Å². The summed E-state index contributed by atoms with van der Waals surface area (Å²) in [5.74, 6) is -2.28. The molecule has 0 aromatic carbocycles. The van der Waals surface area contributed by atoms with Crippen molar-refractivity contribution >= 4 is 11.7 Å². The second-order valence-electron chi connectivity index (χ2n) is 6.51. The first-order chi connectivity index (χ1) is 11.5. The average Bonchev–Trinajstić information content (AvgIpc) is 2.95. The Labute approximate surface area is 140 Å². The van der Waals surface area contributed by atoms with Gasteiger partial charge in [-0.3, -0.25) is 10.1 Å². The van der Waals surface area contributed by atoms with E-state index < -0.39 is 24.9 Å².